The first kappa shape index (κ1) is 19.4. The summed E-state index contributed by atoms with van der Waals surface area (Å²) in [5, 5.41) is -1.68. The number of halogens is 6. The van der Waals surface area contributed by atoms with Crippen molar-refractivity contribution in [3.8, 4) is 0 Å². The van der Waals surface area contributed by atoms with E-state index >= 15 is 0 Å². The van der Waals surface area contributed by atoms with Gasteiger partial charge in [0.05, 0.1) is 0 Å². The van der Waals surface area contributed by atoms with Crippen molar-refractivity contribution in [2.75, 3.05) is 6.67 Å². The van der Waals surface area contributed by atoms with Crippen LogP contribution in [0.25, 0.3) is 0 Å². The van der Waals surface area contributed by atoms with Gasteiger partial charge < -0.3 is 0 Å². The molecule has 0 atom stereocenters. The quantitative estimate of drug-likeness (QED) is 0.513. The molecule has 0 heterocycles. The lowest BCUT2D eigenvalue weighted by atomic mass is 9.74. The maximum Gasteiger partial charge on any atom is 0.404 e. The zero-order valence-corrected chi connectivity index (χ0v) is 13.9. The van der Waals surface area contributed by atoms with Crippen molar-refractivity contribution >= 4 is 33.7 Å². The summed E-state index contributed by atoms with van der Waals surface area (Å²) in [5.74, 6) is 0. The van der Waals surface area contributed by atoms with Gasteiger partial charge in [-0.3, -0.25) is 9.59 Å². The molecule has 0 saturated carbocycles. The lowest BCUT2D eigenvalue weighted by Gasteiger charge is -2.34. The van der Waals surface area contributed by atoms with Gasteiger partial charge in [-0.1, -0.05) is 24.3 Å². The number of carbonyl (C=O) groups is 2. The molecule has 132 valence electrons. The van der Waals surface area contributed by atoms with Gasteiger partial charge in [-0.15, -0.1) is 0 Å². The number of benzene rings is 2. The Balaban J connectivity index is 2.65. The standard InChI is InChI=1S/C17H10Cl2F4O2/c18-14(24)10-1-5-12(6-2-10)16(9-20,17(21,22)23)13-7-3-11(4-8-13)15(19)25/h1-8H,9H2. The van der Waals surface area contributed by atoms with Crippen LogP contribution in [0.4, 0.5) is 17.6 Å². The number of hydrogen-bond donors (Lipinski definition) is 0. The fraction of sp³-hybridized carbons (Fsp3) is 0.176. The predicted molar refractivity (Wildman–Crippen MR) is 86.1 cm³/mol. The van der Waals surface area contributed by atoms with Crippen LogP contribution in [0.5, 0.6) is 0 Å². The van der Waals surface area contributed by atoms with Crippen LogP contribution < -0.4 is 0 Å². The molecule has 0 saturated heterocycles. The minimum Gasteiger partial charge on any atom is -0.276 e. The minimum absolute atomic E-state index is 0.0107. The Labute approximate surface area is 150 Å². The third-order valence-corrected chi connectivity index (χ3v) is 4.33. The van der Waals surface area contributed by atoms with Crippen molar-refractivity contribution in [1.82, 2.24) is 0 Å². The SMILES string of the molecule is O=C(Cl)c1ccc(C(CF)(c2ccc(C(=O)Cl)cc2)C(F)(F)F)cc1. The van der Waals surface area contributed by atoms with E-state index in [0.29, 0.717) is 0 Å². The Morgan fingerprint density at radius 3 is 1.28 bits per heavy atom. The normalized spacial score (nSPS) is 12.1. The Morgan fingerprint density at radius 2 is 1.08 bits per heavy atom. The molecule has 2 aromatic carbocycles. The second-order valence-electron chi connectivity index (χ2n) is 5.24. The summed E-state index contributed by atoms with van der Waals surface area (Å²) < 4.78 is 55.3. The first-order chi connectivity index (χ1) is 11.6. The van der Waals surface area contributed by atoms with Crippen molar-refractivity contribution in [3.05, 3.63) is 70.8 Å². The number of hydrogen-bond acceptors (Lipinski definition) is 2. The maximum absolute atomic E-state index is 13.8. The third-order valence-electron chi connectivity index (χ3n) is 3.89. The van der Waals surface area contributed by atoms with E-state index in [1.807, 2.05) is 0 Å². The van der Waals surface area contributed by atoms with Gasteiger partial charge in [0.1, 0.15) is 12.1 Å². The maximum atomic E-state index is 13.8. The number of alkyl halides is 4. The molecule has 0 aliphatic rings. The second-order valence-corrected chi connectivity index (χ2v) is 5.93. The third kappa shape index (κ3) is 3.55. The molecule has 0 aliphatic carbocycles. The molecule has 0 aromatic heterocycles. The van der Waals surface area contributed by atoms with E-state index < -0.39 is 39.9 Å². The van der Waals surface area contributed by atoms with Crippen LogP contribution in [-0.4, -0.2) is 23.3 Å². The van der Waals surface area contributed by atoms with Crippen LogP contribution in [0.3, 0.4) is 0 Å². The molecule has 0 unspecified atom stereocenters. The first-order valence-corrected chi connectivity index (χ1v) is 7.62. The van der Waals surface area contributed by atoms with Crippen LogP contribution >= 0.6 is 23.2 Å². The van der Waals surface area contributed by atoms with Crippen LogP contribution in [0.15, 0.2) is 48.5 Å². The van der Waals surface area contributed by atoms with Crippen LogP contribution in [0.2, 0.25) is 0 Å². The van der Waals surface area contributed by atoms with Gasteiger partial charge in [0, 0.05) is 11.1 Å². The molecule has 2 nitrogen and oxygen atoms in total. The van der Waals surface area contributed by atoms with Crippen LogP contribution in [0.1, 0.15) is 31.8 Å². The highest BCUT2D eigenvalue weighted by Gasteiger charge is 2.57. The molecule has 0 fully saturated rings. The second kappa shape index (κ2) is 7.14. The van der Waals surface area contributed by atoms with Crippen molar-refractivity contribution < 1.29 is 27.2 Å². The zero-order chi connectivity index (χ0) is 18.8. The summed E-state index contributed by atoms with van der Waals surface area (Å²) in [4.78, 5) is 22.1. The molecule has 2 rings (SSSR count). The van der Waals surface area contributed by atoms with Crippen molar-refractivity contribution in [3.63, 3.8) is 0 Å². The molecular formula is C17H10Cl2F4O2. The molecule has 8 heteroatoms. The lowest BCUT2D eigenvalue weighted by Crippen LogP contribution is -2.45. The van der Waals surface area contributed by atoms with Gasteiger partial charge in [0.15, 0.2) is 0 Å². The van der Waals surface area contributed by atoms with Gasteiger partial charge >= 0.3 is 6.18 Å². The monoisotopic (exact) mass is 392 g/mol. The Morgan fingerprint density at radius 1 is 0.760 bits per heavy atom. The van der Waals surface area contributed by atoms with E-state index in [-0.39, 0.29) is 11.1 Å². The Hall–Kier alpha value is -1.92. The van der Waals surface area contributed by atoms with E-state index in [0.717, 1.165) is 48.5 Å². The van der Waals surface area contributed by atoms with Gasteiger partial charge in [-0.05, 0) is 58.6 Å². The molecule has 0 amide bonds. The first-order valence-electron chi connectivity index (χ1n) is 6.87. The van der Waals surface area contributed by atoms with E-state index in [2.05, 4.69) is 0 Å². The fourth-order valence-corrected chi connectivity index (χ4v) is 2.75. The largest absolute Gasteiger partial charge is 0.404 e. The molecule has 0 aliphatic heterocycles. The van der Waals surface area contributed by atoms with E-state index in [1.165, 1.54) is 0 Å². The summed E-state index contributed by atoms with van der Waals surface area (Å²) in [6.07, 6.45) is -4.97. The lowest BCUT2D eigenvalue weighted by molar-refractivity contribution is -0.182. The zero-order valence-electron chi connectivity index (χ0n) is 12.4. The molecule has 0 radical (unpaired) electrons. The number of rotatable bonds is 5. The summed E-state index contributed by atoms with van der Waals surface area (Å²) in [5.41, 5.74) is -3.76. The van der Waals surface area contributed by atoms with Crippen LogP contribution in [-0.2, 0) is 5.41 Å². The average Bonchev–Trinajstić information content (AvgIpc) is 2.55. The summed E-state index contributed by atoms with van der Waals surface area (Å²) in [7, 11) is 0. The molecule has 25 heavy (non-hydrogen) atoms. The highest BCUT2D eigenvalue weighted by molar-refractivity contribution is 6.68. The van der Waals surface area contributed by atoms with Crippen molar-refractivity contribution in [2.24, 2.45) is 0 Å². The number of carbonyl (C=O) groups excluding carboxylic acids is 2. The van der Waals surface area contributed by atoms with E-state index in [1.54, 1.807) is 0 Å². The Kier molecular flexibility index (Phi) is 5.54. The van der Waals surface area contributed by atoms with Gasteiger partial charge in [0.2, 0.25) is 0 Å². The van der Waals surface area contributed by atoms with E-state index in [9.17, 15) is 27.2 Å². The summed E-state index contributed by atoms with van der Waals surface area (Å²) in [6.45, 7) is -1.77. The molecule has 0 bridgehead atoms. The topological polar surface area (TPSA) is 34.1 Å². The van der Waals surface area contributed by atoms with Gasteiger partial charge in [0.25, 0.3) is 10.5 Å². The van der Waals surface area contributed by atoms with Crippen molar-refractivity contribution in [1.29, 1.82) is 0 Å². The van der Waals surface area contributed by atoms with Gasteiger partial charge in [-0.25, -0.2) is 4.39 Å². The minimum atomic E-state index is -4.97. The molecule has 0 N–H and O–H groups in total. The van der Waals surface area contributed by atoms with E-state index in [4.69, 9.17) is 23.2 Å². The van der Waals surface area contributed by atoms with Crippen molar-refractivity contribution in [2.45, 2.75) is 11.6 Å². The smallest absolute Gasteiger partial charge is 0.276 e. The molecular weight excluding hydrogens is 383 g/mol. The molecule has 0 spiro atoms. The highest BCUT2D eigenvalue weighted by Crippen LogP contribution is 2.47. The fourth-order valence-electron chi connectivity index (χ4n) is 2.50. The highest BCUT2D eigenvalue weighted by atomic mass is 35.5. The Bertz CT molecular complexity index is 726. The summed E-state index contributed by atoms with van der Waals surface area (Å²) >= 11 is 10.6. The average molecular weight is 393 g/mol. The molecule has 2 aromatic rings. The van der Waals surface area contributed by atoms with Crippen LogP contribution in [0, 0.1) is 0 Å². The predicted octanol–water partition coefficient (Wildman–Crippen LogP) is 5.26. The summed E-state index contributed by atoms with van der Waals surface area (Å²) in [6, 6.07) is 8.39. The van der Waals surface area contributed by atoms with Gasteiger partial charge in [-0.2, -0.15) is 13.2 Å².